The molecule has 0 heteroatoms. The highest BCUT2D eigenvalue weighted by molar-refractivity contribution is 5.24. The molecule has 0 spiro atoms. The second-order valence-corrected chi connectivity index (χ2v) is 3.98. The van der Waals surface area contributed by atoms with Gasteiger partial charge in [-0.05, 0) is 43.4 Å². The Morgan fingerprint density at radius 3 is 2.89 bits per heavy atom. The first-order chi connectivity index (χ1) is 4.42. The Bertz CT molecular complexity index is 176. The minimum atomic E-state index is 1.03. The third-order valence-electron chi connectivity index (χ3n) is 3.34. The molecule has 0 aromatic carbocycles. The SMILES string of the molecule is C1=C2CC3CC1C[C@@H]2C3. The van der Waals surface area contributed by atoms with Crippen LogP contribution in [0.4, 0.5) is 0 Å². The van der Waals surface area contributed by atoms with Crippen LogP contribution >= 0.6 is 0 Å². The number of hydrogen-bond acceptors (Lipinski definition) is 0. The Labute approximate surface area is 56.0 Å². The summed E-state index contributed by atoms with van der Waals surface area (Å²) in [5.41, 5.74) is 1.83. The molecule has 4 bridgehead atoms. The van der Waals surface area contributed by atoms with Crippen LogP contribution < -0.4 is 0 Å². The van der Waals surface area contributed by atoms with E-state index in [0.29, 0.717) is 0 Å². The second kappa shape index (κ2) is 1.25. The van der Waals surface area contributed by atoms with E-state index in [0.717, 1.165) is 17.8 Å². The van der Waals surface area contributed by atoms with Gasteiger partial charge in [0.05, 0.1) is 0 Å². The molecule has 2 saturated carbocycles. The lowest BCUT2D eigenvalue weighted by Crippen LogP contribution is -2.10. The molecule has 0 radical (unpaired) electrons. The van der Waals surface area contributed by atoms with Gasteiger partial charge in [0.1, 0.15) is 0 Å². The second-order valence-electron chi connectivity index (χ2n) is 3.98. The molecule has 9 heavy (non-hydrogen) atoms. The highest BCUT2D eigenvalue weighted by Gasteiger charge is 2.41. The molecule has 0 saturated heterocycles. The highest BCUT2D eigenvalue weighted by Crippen LogP contribution is 2.53. The van der Waals surface area contributed by atoms with Crippen molar-refractivity contribution in [3.8, 4) is 0 Å². The molecule has 0 aromatic rings. The summed E-state index contributed by atoms with van der Waals surface area (Å²) in [6, 6.07) is 0. The molecule has 48 valence electrons. The van der Waals surface area contributed by atoms with Crippen LogP contribution in [0.15, 0.2) is 11.6 Å². The summed E-state index contributed by atoms with van der Waals surface area (Å²) in [6.07, 6.45) is 8.63. The zero-order valence-electron chi connectivity index (χ0n) is 5.64. The fourth-order valence-electron chi connectivity index (χ4n) is 3.10. The molecule has 2 unspecified atom stereocenters. The van der Waals surface area contributed by atoms with Crippen molar-refractivity contribution in [3.05, 3.63) is 11.6 Å². The maximum atomic E-state index is 2.56. The summed E-state index contributed by atoms with van der Waals surface area (Å²) in [6.45, 7) is 0. The molecular weight excluding hydrogens is 108 g/mol. The van der Waals surface area contributed by atoms with Crippen LogP contribution in [-0.4, -0.2) is 0 Å². The zero-order valence-corrected chi connectivity index (χ0v) is 5.64. The van der Waals surface area contributed by atoms with Gasteiger partial charge in [-0.15, -0.1) is 0 Å². The Morgan fingerprint density at radius 2 is 2.22 bits per heavy atom. The standard InChI is InChI=1S/C9H12/c1-6-2-8-4-7(1)5-9(8)3-6/h2,6-7,9H,1,3-5H2/t6?,7?,9-/m1/s1. The van der Waals surface area contributed by atoms with Crippen LogP contribution in [-0.2, 0) is 0 Å². The molecule has 3 atom stereocenters. The van der Waals surface area contributed by atoms with Crippen molar-refractivity contribution >= 4 is 0 Å². The quantitative estimate of drug-likeness (QED) is 0.430. The lowest BCUT2D eigenvalue weighted by atomic mass is 9.84. The first-order valence-corrected chi connectivity index (χ1v) is 4.12. The Morgan fingerprint density at radius 1 is 1.22 bits per heavy atom. The molecule has 0 heterocycles. The first-order valence-electron chi connectivity index (χ1n) is 4.12. The first kappa shape index (κ1) is 4.54. The summed E-state index contributed by atoms with van der Waals surface area (Å²) in [5.74, 6) is 3.21. The molecule has 0 amide bonds. The van der Waals surface area contributed by atoms with Crippen molar-refractivity contribution in [2.45, 2.75) is 25.7 Å². The smallest absolute Gasteiger partial charge is 0.0195 e. The third kappa shape index (κ3) is 0.452. The van der Waals surface area contributed by atoms with E-state index >= 15 is 0 Å². The van der Waals surface area contributed by atoms with E-state index in [-0.39, 0.29) is 0 Å². The summed E-state index contributed by atoms with van der Waals surface area (Å²) >= 11 is 0. The minimum absolute atomic E-state index is 1.03. The molecule has 0 N–H and O–H groups in total. The molecule has 4 aliphatic rings. The van der Waals surface area contributed by atoms with Crippen LogP contribution in [0.25, 0.3) is 0 Å². The van der Waals surface area contributed by atoms with E-state index in [2.05, 4.69) is 6.08 Å². The lowest BCUT2D eigenvalue weighted by molar-refractivity contribution is 0.320. The molecule has 2 fully saturated rings. The van der Waals surface area contributed by atoms with Gasteiger partial charge in [0.15, 0.2) is 0 Å². The van der Waals surface area contributed by atoms with E-state index in [9.17, 15) is 0 Å². The van der Waals surface area contributed by atoms with Crippen LogP contribution in [0, 0.1) is 17.8 Å². The van der Waals surface area contributed by atoms with E-state index < -0.39 is 0 Å². The summed E-state index contributed by atoms with van der Waals surface area (Å²) in [5, 5.41) is 0. The fraction of sp³-hybridized carbons (Fsp3) is 0.778. The van der Waals surface area contributed by atoms with Gasteiger partial charge in [0, 0.05) is 0 Å². The molecule has 0 aliphatic heterocycles. The Balaban J connectivity index is 2.13. The summed E-state index contributed by atoms with van der Waals surface area (Å²) in [7, 11) is 0. The predicted octanol–water partition coefficient (Wildman–Crippen LogP) is 2.36. The van der Waals surface area contributed by atoms with Gasteiger partial charge in [-0.1, -0.05) is 11.6 Å². The van der Waals surface area contributed by atoms with Gasteiger partial charge in [0.25, 0.3) is 0 Å². The van der Waals surface area contributed by atoms with Gasteiger partial charge < -0.3 is 0 Å². The largest absolute Gasteiger partial charge is 0.0819 e. The van der Waals surface area contributed by atoms with Gasteiger partial charge in [-0.2, -0.15) is 0 Å². The zero-order chi connectivity index (χ0) is 5.84. The van der Waals surface area contributed by atoms with Crippen molar-refractivity contribution < 1.29 is 0 Å². The van der Waals surface area contributed by atoms with Gasteiger partial charge in [-0.3, -0.25) is 0 Å². The monoisotopic (exact) mass is 120 g/mol. The Hall–Kier alpha value is -0.260. The van der Waals surface area contributed by atoms with Gasteiger partial charge >= 0.3 is 0 Å². The molecule has 4 rings (SSSR count). The maximum absolute atomic E-state index is 2.56. The maximum Gasteiger partial charge on any atom is -0.0195 e. The molecule has 4 aliphatic carbocycles. The minimum Gasteiger partial charge on any atom is -0.0819 e. The van der Waals surface area contributed by atoms with Crippen molar-refractivity contribution in [1.29, 1.82) is 0 Å². The van der Waals surface area contributed by atoms with Crippen molar-refractivity contribution in [3.63, 3.8) is 0 Å². The summed E-state index contributed by atoms with van der Waals surface area (Å²) in [4.78, 5) is 0. The highest BCUT2D eigenvalue weighted by atomic mass is 14.5. The predicted molar refractivity (Wildman–Crippen MR) is 37.0 cm³/mol. The van der Waals surface area contributed by atoms with Crippen LogP contribution in [0.2, 0.25) is 0 Å². The van der Waals surface area contributed by atoms with Crippen molar-refractivity contribution in [2.75, 3.05) is 0 Å². The lowest BCUT2D eigenvalue weighted by Gasteiger charge is -2.21. The molecule has 0 nitrogen and oxygen atoms in total. The van der Waals surface area contributed by atoms with E-state index in [4.69, 9.17) is 0 Å². The fourth-order valence-corrected chi connectivity index (χ4v) is 3.10. The van der Waals surface area contributed by atoms with E-state index in [1.807, 2.05) is 5.57 Å². The van der Waals surface area contributed by atoms with Crippen molar-refractivity contribution in [2.24, 2.45) is 17.8 Å². The van der Waals surface area contributed by atoms with Gasteiger partial charge in [-0.25, -0.2) is 0 Å². The van der Waals surface area contributed by atoms with Crippen LogP contribution in [0.5, 0.6) is 0 Å². The summed E-state index contributed by atoms with van der Waals surface area (Å²) < 4.78 is 0. The third-order valence-corrected chi connectivity index (χ3v) is 3.34. The topological polar surface area (TPSA) is 0 Å². The van der Waals surface area contributed by atoms with E-state index in [1.165, 1.54) is 19.3 Å². The normalized spacial score (nSPS) is 52.4. The number of hydrogen-bond donors (Lipinski definition) is 0. The number of allylic oxidation sites excluding steroid dienone is 2. The Kier molecular flexibility index (Phi) is 0.633. The van der Waals surface area contributed by atoms with Crippen molar-refractivity contribution in [1.82, 2.24) is 0 Å². The average Bonchev–Trinajstić information content (AvgIpc) is 2.20. The van der Waals surface area contributed by atoms with Crippen LogP contribution in [0.3, 0.4) is 0 Å². The van der Waals surface area contributed by atoms with Gasteiger partial charge in [0.2, 0.25) is 0 Å². The van der Waals surface area contributed by atoms with Crippen LogP contribution in [0.1, 0.15) is 25.7 Å². The average molecular weight is 120 g/mol. The molecular formula is C9H12. The molecule has 0 aromatic heterocycles. The van der Waals surface area contributed by atoms with E-state index in [1.54, 1.807) is 6.42 Å². The number of rotatable bonds is 0.